The second-order valence-electron chi connectivity index (χ2n) is 5.23. The molecule has 0 radical (unpaired) electrons. The Morgan fingerprint density at radius 1 is 1.24 bits per heavy atom. The normalized spacial score (nSPS) is 14.0. The molecule has 0 spiro atoms. The molecule has 0 aliphatic heterocycles. The summed E-state index contributed by atoms with van der Waals surface area (Å²) in [5.74, 6) is 0.0524. The number of rotatable bonds is 5. The van der Waals surface area contributed by atoms with Crippen LogP contribution in [0.15, 0.2) is 36.7 Å². The fourth-order valence-corrected chi connectivity index (χ4v) is 2.16. The first kappa shape index (κ1) is 13.7. The highest BCUT2D eigenvalue weighted by atomic mass is 19.1. The Kier molecular flexibility index (Phi) is 3.90. The molecule has 0 bridgehead atoms. The van der Waals surface area contributed by atoms with E-state index in [0.717, 1.165) is 24.1 Å². The van der Waals surface area contributed by atoms with Crippen molar-refractivity contribution in [2.75, 3.05) is 6.54 Å². The van der Waals surface area contributed by atoms with E-state index >= 15 is 0 Å². The molecule has 1 aromatic carbocycles. The molecule has 21 heavy (non-hydrogen) atoms. The van der Waals surface area contributed by atoms with Crippen LogP contribution in [0.2, 0.25) is 0 Å². The lowest BCUT2D eigenvalue weighted by Gasteiger charge is -2.06. The minimum atomic E-state index is -0.253. The molecule has 5 heteroatoms. The third kappa shape index (κ3) is 3.62. The van der Waals surface area contributed by atoms with E-state index in [9.17, 15) is 9.18 Å². The number of halogens is 1. The molecule has 1 aliphatic carbocycles. The van der Waals surface area contributed by atoms with Crippen LogP contribution in [0.1, 0.15) is 40.5 Å². The number of carbonyl (C=O) groups is 1. The van der Waals surface area contributed by atoms with E-state index in [-0.39, 0.29) is 11.7 Å². The van der Waals surface area contributed by atoms with Crippen molar-refractivity contribution >= 4 is 5.91 Å². The minimum absolute atomic E-state index is 0.193. The zero-order valence-electron chi connectivity index (χ0n) is 11.6. The van der Waals surface area contributed by atoms with Gasteiger partial charge in [-0.05, 0) is 43.0 Å². The third-order valence-corrected chi connectivity index (χ3v) is 3.53. The highest BCUT2D eigenvalue weighted by Crippen LogP contribution is 2.38. The lowest BCUT2D eigenvalue weighted by atomic mass is 10.1. The number of hydrogen-bond acceptors (Lipinski definition) is 3. The third-order valence-electron chi connectivity index (χ3n) is 3.53. The maximum atomic E-state index is 12.8. The van der Waals surface area contributed by atoms with Gasteiger partial charge in [0.05, 0.1) is 0 Å². The van der Waals surface area contributed by atoms with Crippen molar-refractivity contribution in [3.8, 4) is 0 Å². The predicted molar refractivity (Wildman–Crippen MR) is 76.4 cm³/mol. The van der Waals surface area contributed by atoms with Crippen LogP contribution in [0.4, 0.5) is 4.39 Å². The van der Waals surface area contributed by atoms with Gasteiger partial charge in [0, 0.05) is 18.2 Å². The van der Waals surface area contributed by atoms with Gasteiger partial charge < -0.3 is 5.32 Å². The fourth-order valence-electron chi connectivity index (χ4n) is 2.16. The Bertz CT molecular complexity index is 638. The molecule has 1 amide bonds. The lowest BCUT2D eigenvalue weighted by Crippen LogP contribution is -2.26. The Hall–Kier alpha value is -2.30. The van der Waals surface area contributed by atoms with Gasteiger partial charge in [0.15, 0.2) is 0 Å². The molecule has 1 N–H and O–H groups in total. The largest absolute Gasteiger partial charge is 0.350 e. The summed E-state index contributed by atoms with van der Waals surface area (Å²) in [4.78, 5) is 20.2. The zero-order chi connectivity index (χ0) is 14.7. The molecule has 2 aromatic rings. The molecule has 0 unspecified atom stereocenters. The van der Waals surface area contributed by atoms with Gasteiger partial charge in [-0.3, -0.25) is 4.79 Å². The fraction of sp³-hybridized carbons (Fsp3) is 0.312. The van der Waals surface area contributed by atoms with Crippen LogP contribution >= 0.6 is 0 Å². The van der Waals surface area contributed by atoms with Gasteiger partial charge in [0.25, 0.3) is 5.91 Å². The molecule has 1 aliphatic rings. The number of benzene rings is 1. The average Bonchev–Trinajstić information content (AvgIpc) is 3.34. The van der Waals surface area contributed by atoms with Crippen LogP contribution in [0.25, 0.3) is 0 Å². The lowest BCUT2D eigenvalue weighted by molar-refractivity contribution is 0.0949. The van der Waals surface area contributed by atoms with E-state index < -0.39 is 0 Å². The Morgan fingerprint density at radius 2 is 2.00 bits per heavy atom. The van der Waals surface area contributed by atoms with Gasteiger partial charge in [-0.25, -0.2) is 14.4 Å². The van der Waals surface area contributed by atoms with Gasteiger partial charge in [0.1, 0.15) is 17.8 Å². The minimum Gasteiger partial charge on any atom is -0.350 e. The van der Waals surface area contributed by atoms with Crippen molar-refractivity contribution in [1.82, 2.24) is 15.3 Å². The molecule has 3 rings (SSSR count). The van der Waals surface area contributed by atoms with Crippen molar-refractivity contribution < 1.29 is 9.18 Å². The average molecular weight is 285 g/mol. The van der Waals surface area contributed by atoms with E-state index in [0.29, 0.717) is 24.6 Å². The van der Waals surface area contributed by atoms with Gasteiger partial charge in [-0.1, -0.05) is 12.1 Å². The van der Waals surface area contributed by atoms with Crippen LogP contribution in [0, 0.1) is 5.82 Å². The summed E-state index contributed by atoms with van der Waals surface area (Å²) in [6, 6.07) is 8.05. The van der Waals surface area contributed by atoms with E-state index in [1.165, 1.54) is 18.5 Å². The number of amides is 1. The first-order valence-electron chi connectivity index (χ1n) is 7.07. The SMILES string of the molecule is O=C(NCCc1ccc(F)cc1)c1cc(C2CC2)ncn1. The van der Waals surface area contributed by atoms with Gasteiger partial charge in [0.2, 0.25) is 0 Å². The summed E-state index contributed by atoms with van der Waals surface area (Å²) in [7, 11) is 0. The second-order valence-corrected chi connectivity index (χ2v) is 5.23. The van der Waals surface area contributed by atoms with Crippen molar-refractivity contribution in [3.63, 3.8) is 0 Å². The number of carbonyl (C=O) groups excluding carboxylic acids is 1. The summed E-state index contributed by atoms with van der Waals surface area (Å²) in [5.41, 5.74) is 2.35. The van der Waals surface area contributed by atoms with Crippen molar-refractivity contribution in [3.05, 3.63) is 59.4 Å². The van der Waals surface area contributed by atoms with Crippen molar-refractivity contribution in [1.29, 1.82) is 0 Å². The van der Waals surface area contributed by atoms with Crippen LogP contribution in [0.5, 0.6) is 0 Å². The summed E-state index contributed by atoms with van der Waals surface area (Å²) >= 11 is 0. The number of nitrogens with zero attached hydrogens (tertiary/aromatic N) is 2. The topological polar surface area (TPSA) is 54.9 Å². The molecule has 1 aromatic heterocycles. The highest BCUT2D eigenvalue weighted by molar-refractivity contribution is 5.92. The van der Waals surface area contributed by atoms with Crippen LogP contribution in [-0.4, -0.2) is 22.4 Å². The summed E-state index contributed by atoms with van der Waals surface area (Å²) in [5, 5.41) is 2.83. The van der Waals surface area contributed by atoms with Crippen LogP contribution < -0.4 is 5.32 Å². The zero-order valence-corrected chi connectivity index (χ0v) is 11.6. The van der Waals surface area contributed by atoms with E-state index in [2.05, 4.69) is 15.3 Å². The Morgan fingerprint density at radius 3 is 2.71 bits per heavy atom. The molecule has 1 fully saturated rings. The first-order chi connectivity index (χ1) is 10.2. The molecule has 1 heterocycles. The summed E-state index contributed by atoms with van der Waals surface area (Å²) in [6.07, 6.45) is 4.39. The standard InChI is InChI=1S/C16H16FN3O/c17-13-5-1-11(2-6-13)7-8-18-16(21)15-9-14(12-3-4-12)19-10-20-15/h1-2,5-6,9-10,12H,3-4,7-8H2,(H,18,21). The molecule has 4 nitrogen and oxygen atoms in total. The number of nitrogens with one attached hydrogen (secondary N) is 1. The number of hydrogen-bond donors (Lipinski definition) is 1. The van der Waals surface area contributed by atoms with Gasteiger partial charge in [-0.15, -0.1) is 0 Å². The smallest absolute Gasteiger partial charge is 0.270 e. The summed E-state index contributed by atoms with van der Waals surface area (Å²) in [6.45, 7) is 0.493. The van der Waals surface area contributed by atoms with Gasteiger partial charge in [-0.2, -0.15) is 0 Å². The molecular weight excluding hydrogens is 269 g/mol. The molecule has 0 saturated heterocycles. The van der Waals surface area contributed by atoms with E-state index in [1.54, 1.807) is 18.2 Å². The molecular formula is C16H16FN3O. The molecule has 1 saturated carbocycles. The first-order valence-corrected chi connectivity index (χ1v) is 7.07. The highest BCUT2D eigenvalue weighted by Gasteiger charge is 2.25. The van der Waals surface area contributed by atoms with E-state index in [4.69, 9.17) is 0 Å². The Balaban J connectivity index is 1.54. The summed E-state index contributed by atoms with van der Waals surface area (Å²) < 4.78 is 12.8. The molecule has 108 valence electrons. The van der Waals surface area contributed by atoms with E-state index in [1.807, 2.05) is 0 Å². The maximum absolute atomic E-state index is 12.8. The monoisotopic (exact) mass is 285 g/mol. The maximum Gasteiger partial charge on any atom is 0.270 e. The van der Waals surface area contributed by atoms with Crippen molar-refractivity contribution in [2.45, 2.75) is 25.2 Å². The number of aromatic nitrogens is 2. The van der Waals surface area contributed by atoms with Crippen LogP contribution in [-0.2, 0) is 6.42 Å². The predicted octanol–water partition coefficient (Wildman–Crippen LogP) is 2.47. The molecule has 0 atom stereocenters. The quantitative estimate of drug-likeness (QED) is 0.918. The second kappa shape index (κ2) is 5.99. The Labute approximate surface area is 122 Å². The van der Waals surface area contributed by atoms with Gasteiger partial charge >= 0.3 is 0 Å². The van der Waals surface area contributed by atoms with Crippen molar-refractivity contribution in [2.24, 2.45) is 0 Å². The van der Waals surface area contributed by atoms with Crippen LogP contribution in [0.3, 0.4) is 0 Å².